The van der Waals surface area contributed by atoms with Crippen molar-refractivity contribution in [2.75, 3.05) is 18.1 Å². The second-order valence-corrected chi connectivity index (χ2v) is 8.63. The van der Waals surface area contributed by atoms with Crippen LogP contribution >= 0.6 is 0 Å². The van der Waals surface area contributed by atoms with Crippen LogP contribution < -0.4 is 14.4 Å². The summed E-state index contributed by atoms with van der Waals surface area (Å²) < 4.78 is 34.4. The summed E-state index contributed by atoms with van der Waals surface area (Å²) in [6.07, 6.45) is 2.68. The average Bonchev–Trinajstić information content (AvgIpc) is 2.67. The number of benzene rings is 2. The third-order valence-electron chi connectivity index (χ3n) is 5.15. The van der Waals surface area contributed by atoms with Crippen molar-refractivity contribution in [3.05, 3.63) is 53.6 Å². The van der Waals surface area contributed by atoms with Crippen molar-refractivity contribution in [1.29, 1.82) is 0 Å². The monoisotopic (exact) mass is 386 g/mol. The molecule has 0 aromatic heterocycles. The van der Waals surface area contributed by atoms with E-state index in [-0.39, 0.29) is 16.8 Å². The van der Waals surface area contributed by atoms with Gasteiger partial charge in [0, 0.05) is 13.0 Å². The van der Waals surface area contributed by atoms with Crippen LogP contribution in [0.15, 0.2) is 47.4 Å². The summed E-state index contributed by atoms with van der Waals surface area (Å²) in [6, 6.07) is 12.4. The maximum atomic E-state index is 13.0. The lowest BCUT2D eigenvalue weighted by atomic mass is 9.88. The quantitative estimate of drug-likeness (QED) is 0.880. The van der Waals surface area contributed by atoms with Gasteiger partial charge in [0.25, 0.3) is 0 Å². The number of aryl methyl sites for hydroxylation is 1. The molecule has 142 valence electrons. The number of nitrogens with one attached hydrogen (secondary N) is 1. The molecule has 0 saturated carbocycles. The largest absolute Gasteiger partial charge is 0.490 e. The second-order valence-electron chi connectivity index (χ2n) is 6.91. The highest BCUT2D eigenvalue weighted by atomic mass is 32.2. The summed E-state index contributed by atoms with van der Waals surface area (Å²) in [5.41, 5.74) is 2.73. The highest BCUT2D eigenvalue weighted by Gasteiger charge is 2.28. The number of ether oxygens (including phenoxy) is 1. The normalized spacial score (nSPS) is 19.0. The van der Waals surface area contributed by atoms with Gasteiger partial charge in [-0.2, -0.15) is 0 Å². The van der Waals surface area contributed by atoms with Gasteiger partial charge in [-0.05, 0) is 48.6 Å². The molecule has 0 radical (unpaired) electrons. The maximum absolute atomic E-state index is 13.0. The Morgan fingerprint density at radius 3 is 2.85 bits per heavy atom. The van der Waals surface area contributed by atoms with Crippen molar-refractivity contribution in [3.8, 4) is 5.75 Å². The fourth-order valence-corrected chi connectivity index (χ4v) is 5.09. The molecule has 27 heavy (non-hydrogen) atoms. The van der Waals surface area contributed by atoms with E-state index in [1.165, 1.54) is 24.6 Å². The molecule has 0 saturated heterocycles. The van der Waals surface area contributed by atoms with Crippen LogP contribution in [0.1, 0.15) is 36.9 Å². The third-order valence-corrected chi connectivity index (χ3v) is 6.62. The van der Waals surface area contributed by atoms with Crippen LogP contribution in [-0.4, -0.2) is 27.5 Å². The van der Waals surface area contributed by atoms with E-state index in [1.54, 1.807) is 11.0 Å². The van der Waals surface area contributed by atoms with E-state index in [2.05, 4.69) is 10.8 Å². The van der Waals surface area contributed by atoms with Gasteiger partial charge >= 0.3 is 0 Å². The molecule has 4 rings (SSSR count). The number of amides is 1. The van der Waals surface area contributed by atoms with Gasteiger partial charge in [-0.25, -0.2) is 13.1 Å². The zero-order chi connectivity index (χ0) is 19.0. The van der Waals surface area contributed by atoms with Crippen LogP contribution in [0.25, 0.3) is 0 Å². The average molecular weight is 386 g/mol. The fourth-order valence-electron chi connectivity index (χ4n) is 3.82. The number of carbonyl (C=O) groups excluding carboxylic acids is 1. The molecule has 0 unspecified atom stereocenters. The topological polar surface area (TPSA) is 75.7 Å². The molecular formula is C20H22N2O4S. The predicted molar refractivity (Wildman–Crippen MR) is 102 cm³/mol. The number of sulfonamides is 1. The van der Waals surface area contributed by atoms with E-state index < -0.39 is 10.0 Å². The molecular weight excluding hydrogens is 364 g/mol. The lowest BCUT2D eigenvalue weighted by molar-refractivity contribution is -0.116. The van der Waals surface area contributed by atoms with Gasteiger partial charge in [-0.15, -0.1) is 0 Å². The van der Waals surface area contributed by atoms with E-state index in [1.807, 2.05) is 18.2 Å². The fraction of sp³-hybridized carbons (Fsp3) is 0.350. The maximum Gasteiger partial charge on any atom is 0.241 e. The van der Waals surface area contributed by atoms with Gasteiger partial charge in [0.2, 0.25) is 15.9 Å². The number of rotatable bonds is 3. The summed E-state index contributed by atoms with van der Waals surface area (Å²) in [5.74, 6) is 0.390. The first-order valence-electron chi connectivity index (χ1n) is 9.11. The molecule has 0 spiro atoms. The molecule has 2 aromatic rings. The first-order chi connectivity index (χ1) is 13.0. The highest BCUT2D eigenvalue weighted by molar-refractivity contribution is 7.89. The second kappa shape index (κ2) is 6.98. The van der Waals surface area contributed by atoms with Crippen LogP contribution in [0.5, 0.6) is 5.75 Å². The van der Waals surface area contributed by atoms with Crippen LogP contribution in [0.3, 0.4) is 0 Å². The van der Waals surface area contributed by atoms with Gasteiger partial charge in [-0.1, -0.05) is 24.3 Å². The third kappa shape index (κ3) is 3.44. The summed E-state index contributed by atoms with van der Waals surface area (Å²) in [6.45, 7) is 2.28. The Labute approximate surface area is 159 Å². The van der Waals surface area contributed by atoms with Crippen LogP contribution in [-0.2, 0) is 21.2 Å². The number of carbonyl (C=O) groups is 1. The minimum absolute atomic E-state index is 0.136. The molecule has 0 bridgehead atoms. The molecule has 7 heteroatoms. The SMILES string of the molecule is CC(=O)N1CCOc2ccc(S(=O)(=O)N[C@H]3CCCc4ccccc43)cc21. The van der Waals surface area contributed by atoms with Crippen LogP contribution in [0, 0.1) is 0 Å². The molecule has 1 amide bonds. The summed E-state index contributed by atoms with van der Waals surface area (Å²) >= 11 is 0. The zero-order valence-corrected chi connectivity index (χ0v) is 16.0. The summed E-state index contributed by atoms with van der Waals surface area (Å²) in [7, 11) is -3.73. The molecule has 1 aliphatic carbocycles. The van der Waals surface area contributed by atoms with E-state index in [4.69, 9.17) is 4.74 Å². The molecule has 6 nitrogen and oxygen atoms in total. The van der Waals surface area contributed by atoms with Gasteiger partial charge in [0.1, 0.15) is 12.4 Å². The van der Waals surface area contributed by atoms with Crippen LogP contribution in [0.4, 0.5) is 5.69 Å². The highest BCUT2D eigenvalue weighted by Crippen LogP contribution is 2.35. The number of hydrogen-bond acceptors (Lipinski definition) is 4. The summed E-state index contributed by atoms with van der Waals surface area (Å²) in [5, 5.41) is 0. The molecule has 1 aliphatic heterocycles. The lowest BCUT2D eigenvalue weighted by Crippen LogP contribution is -2.36. The zero-order valence-electron chi connectivity index (χ0n) is 15.1. The number of anilines is 1. The van der Waals surface area contributed by atoms with Crippen molar-refractivity contribution in [3.63, 3.8) is 0 Å². The van der Waals surface area contributed by atoms with Crippen molar-refractivity contribution in [2.45, 2.75) is 37.1 Å². The Bertz CT molecular complexity index is 987. The first kappa shape index (κ1) is 18.0. The predicted octanol–water partition coefficient (Wildman–Crippen LogP) is 2.79. The Balaban J connectivity index is 1.66. The van der Waals surface area contributed by atoms with Crippen molar-refractivity contribution in [2.24, 2.45) is 0 Å². The molecule has 1 heterocycles. The van der Waals surface area contributed by atoms with E-state index >= 15 is 0 Å². The van der Waals surface area contributed by atoms with E-state index in [9.17, 15) is 13.2 Å². The molecule has 2 aromatic carbocycles. The Morgan fingerprint density at radius 2 is 2.04 bits per heavy atom. The molecule has 2 aliphatic rings. The molecule has 0 fully saturated rings. The summed E-state index contributed by atoms with van der Waals surface area (Å²) in [4.78, 5) is 13.6. The van der Waals surface area contributed by atoms with E-state index in [0.717, 1.165) is 24.8 Å². The van der Waals surface area contributed by atoms with Gasteiger partial charge in [0.05, 0.1) is 17.1 Å². The molecule has 1 atom stereocenters. The Morgan fingerprint density at radius 1 is 1.22 bits per heavy atom. The number of hydrogen-bond donors (Lipinski definition) is 1. The minimum atomic E-state index is -3.73. The number of nitrogens with zero attached hydrogens (tertiary/aromatic N) is 1. The van der Waals surface area contributed by atoms with Crippen molar-refractivity contribution >= 4 is 21.6 Å². The smallest absolute Gasteiger partial charge is 0.241 e. The molecule has 1 N–H and O–H groups in total. The lowest BCUT2D eigenvalue weighted by Gasteiger charge is -2.29. The van der Waals surface area contributed by atoms with Gasteiger partial charge < -0.3 is 9.64 Å². The van der Waals surface area contributed by atoms with E-state index in [0.29, 0.717) is 24.6 Å². The van der Waals surface area contributed by atoms with Crippen molar-refractivity contribution < 1.29 is 17.9 Å². The Hall–Kier alpha value is -2.38. The van der Waals surface area contributed by atoms with Gasteiger partial charge in [-0.3, -0.25) is 4.79 Å². The van der Waals surface area contributed by atoms with Crippen molar-refractivity contribution in [1.82, 2.24) is 4.72 Å². The first-order valence-corrected chi connectivity index (χ1v) is 10.6. The van der Waals surface area contributed by atoms with Crippen LogP contribution in [0.2, 0.25) is 0 Å². The van der Waals surface area contributed by atoms with Gasteiger partial charge in [0.15, 0.2) is 0 Å². The minimum Gasteiger partial charge on any atom is -0.490 e. The number of fused-ring (bicyclic) bond motifs is 2. The Kier molecular flexibility index (Phi) is 4.65. The standard InChI is InChI=1S/C20H22N2O4S/c1-14(23)22-11-12-26-20-10-9-16(13-19(20)22)27(24,25)21-18-8-4-6-15-5-2-3-7-17(15)18/h2-3,5,7,9-10,13,18,21H,4,6,8,11-12H2,1H3/t18-/m0/s1.